The first-order valence-corrected chi connectivity index (χ1v) is 6.60. The Hall–Kier alpha value is -0.500. The molecule has 0 amide bonds. The van der Waals surface area contributed by atoms with E-state index in [1.54, 1.807) is 0 Å². The number of aryl methyl sites for hydroxylation is 1. The third kappa shape index (κ3) is 2.97. The summed E-state index contributed by atoms with van der Waals surface area (Å²) < 4.78 is 0. The van der Waals surface area contributed by atoms with Crippen molar-refractivity contribution in [2.24, 2.45) is 0 Å². The number of nitrogens with zero attached hydrogens (tertiary/aromatic N) is 1. The van der Waals surface area contributed by atoms with E-state index in [4.69, 9.17) is 0 Å². The molecule has 0 saturated heterocycles. The second-order valence-electron chi connectivity index (χ2n) is 4.12. The highest BCUT2D eigenvalue weighted by Crippen LogP contribution is 2.23. The molecule has 1 aromatic carbocycles. The molecule has 0 aliphatic carbocycles. The quantitative estimate of drug-likeness (QED) is 0.744. The van der Waals surface area contributed by atoms with E-state index in [0.717, 1.165) is 5.33 Å². The monoisotopic (exact) mass is 269 g/mol. The fourth-order valence-corrected chi connectivity index (χ4v) is 2.06. The molecule has 0 radical (unpaired) electrons. The Bertz CT molecular complexity index is 322. The van der Waals surface area contributed by atoms with Crippen LogP contribution in [0.15, 0.2) is 18.2 Å². The van der Waals surface area contributed by atoms with Gasteiger partial charge in [0.25, 0.3) is 0 Å². The summed E-state index contributed by atoms with van der Waals surface area (Å²) in [4.78, 5) is 2.35. The normalized spacial score (nSPS) is 12.6. The highest BCUT2D eigenvalue weighted by molar-refractivity contribution is 9.08. The first-order chi connectivity index (χ1) is 7.10. The van der Waals surface area contributed by atoms with Gasteiger partial charge in [0.15, 0.2) is 0 Å². The molecule has 0 fully saturated rings. The maximum absolute atomic E-state index is 3.48. The molecule has 15 heavy (non-hydrogen) atoms. The summed E-state index contributed by atoms with van der Waals surface area (Å²) in [7, 11) is 2.17. The van der Waals surface area contributed by atoms with E-state index in [0.29, 0.717) is 6.04 Å². The predicted octanol–water partition coefficient (Wildman–Crippen LogP) is 4.12. The predicted molar refractivity (Wildman–Crippen MR) is 72.0 cm³/mol. The van der Waals surface area contributed by atoms with Crippen LogP contribution < -0.4 is 4.90 Å². The van der Waals surface area contributed by atoms with Gasteiger partial charge in [-0.15, -0.1) is 0 Å². The first-order valence-electron chi connectivity index (χ1n) is 5.48. The van der Waals surface area contributed by atoms with Crippen LogP contribution in [0.4, 0.5) is 5.69 Å². The zero-order valence-corrected chi connectivity index (χ0v) is 11.6. The molecule has 2 heteroatoms. The Kier molecular flexibility index (Phi) is 4.65. The minimum absolute atomic E-state index is 0.596. The second-order valence-corrected chi connectivity index (χ2v) is 4.68. The third-order valence-electron chi connectivity index (χ3n) is 3.05. The largest absolute Gasteiger partial charge is 0.372 e. The van der Waals surface area contributed by atoms with E-state index in [9.17, 15) is 0 Å². The lowest BCUT2D eigenvalue weighted by atomic mass is 10.1. The summed E-state index contributed by atoms with van der Waals surface area (Å²) in [6, 6.07) is 7.26. The Morgan fingerprint density at radius 3 is 2.53 bits per heavy atom. The zero-order valence-electron chi connectivity index (χ0n) is 10.0. The molecule has 1 unspecified atom stereocenters. The highest BCUT2D eigenvalue weighted by atomic mass is 79.9. The van der Waals surface area contributed by atoms with Gasteiger partial charge in [-0.25, -0.2) is 0 Å². The number of anilines is 1. The molecule has 1 atom stereocenters. The van der Waals surface area contributed by atoms with E-state index in [1.807, 2.05) is 0 Å². The van der Waals surface area contributed by atoms with Crippen molar-refractivity contribution in [3.63, 3.8) is 0 Å². The number of rotatable bonds is 4. The lowest BCUT2D eigenvalue weighted by Crippen LogP contribution is -2.28. The van der Waals surface area contributed by atoms with Gasteiger partial charge < -0.3 is 4.90 Å². The molecule has 0 aliphatic rings. The van der Waals surface area contributed by atoms with E-state index < -0.39 is 0 Å². The second kappa shape index (κ2) is 5.55. The fourth-order valence-electron chi connectivity index (χ4n) is 1.71. The van der Waals surface area contributed by atoms with Crippen molar-refractivity contribution >= 4 is 21.6 Å². The van der Waals surface area contributed by atoms with Crippen LogP contribution in [0, 0.1) is 6.92 Å². The number of hydrogen-bond donors (Lipinski definition) is 0. The average Bonchev–Trinajstić information content (AvgIpc) is 2.26. The molecule has 0 bridgehead atoms. The molecule has 1 nitrogen and oxygen atoms in total. The van der Waals surface area contributed by atoms with Gasteiger partial charge in [-0.2, -0.15) is 0 Å². The van der Waals surface area contributed by atoms with Crippen molar-refractivity contribution in [2.45, 2.75) is 38.6 Å². The lowest BCUT2D eigenvalue weighted by Gasteiger charge is -2.27. The van der Waals surface area contributed by atoms with Crippen molar-refractivity contribution in [3.05, 3.63) is 29.3 Å². The van der Waals surface area contributed by atoms with Crippen LogP contribution >= 0.6 is 15.9 Å². The number of benzene rings is 1. The van der Waals surface area contributed by atoms with Crippen LogP contribution in [0.3, 0.4) is 0 Å². The first kappa shape index (κ1) is 12.6. The maximum Gasteiger partial charge on any atom is 0.0395 e. The Morgan fingerprint density at radius 1 is 1.40 bits per heavy atom. The van der Waals surface area contributed by atoms with Crippen molar-refractivity contribution in [1.82, 2.24) is 0 Å². The average molecular weight is 270 g/mol. The number of hydrogen-bond acceptors (Lipinski definition) is 1. The van der Waals surface area contributed by atoms with Gasteiger partial charge in [-0.05, 0) is 37.5 Å². The molecule has 1 rings (SSSR count). The molecule has 0 aliphatic heterocycles. The standard InChI is InChI=1S/C13H20BrN/c1-5-11(3)15(4)13-7-6-12(9-14)8-10(13)2/h6-8,11H,5,9H2,1-4H3. The van der Waals surface area contributed by atoms with Crippen LogP contribution in [0.25, 0.3) is 0 Å². The van der Waals surface area contributed by atoms with Crippen LogP contribution in [0.1, 0.15) is 31.4 Å². The maximum atomic E-state index is 3.48. The number of alkyl halides is 1. The Labute approximate surface area is 102 Å². The van der Waals surface area contributed by atoms with Crippen LogP contribution in [-0.4, -0.2) is 13.1 Å². The van der Waals surface area contributed by atoms with Gasteiger partial charge in [0.2, 0.25) is 0 Å². The molecular formula is C13H20BrN. The van der Waals surface area contributed by atoms with Gasteiger partial charge >= 0.3 is 0 Å². The van der Waals surface area contributed by atoms with Gasteiger partial charge in [-0.1, -0.05) is 35.0 Å². The molecule has 0 saturated carbocycles. The van der Waals surface area contributed by atoms with Gasteiger partial charge in [0.1, 0.15) is 0 Å². The third-order valence-corrected chi connectivity index (χ3v) is 3.69. The summed E-state index contributed by atoms with van der Waals surface area (Å²) in [5.74, 6) is 0. The van der Waals surface area contributed by atoms with Crippen molar-refractivity contribution in [3.8, 4) is 0 Å². The minimum atomic E-state index is 0.596. The smallest absolute Gasteiger partial charge is 0.0395 e. The summed E-state index contributed by atoms with van der Waals surface area (Å²) in [6.07, 6.45) is 1.18. The van der Waals surface area contributed by atoms with E-state index in [-0.39, 0.29) is 0 Å². The topological polar surface area (TPSA) is 3.24 Å². The summed E-state index contributed by atoms with van der Waals surface area (Å²) in [6.45, 7) is 6.67. The van der Waals surface area contributed by atoms with Crippen molar-refractivity contribution < 1.29 is 0 Å². The molecule has 0 spiro atoms. The highest BCUT2D eigenvalue weighted by Gasteiger charge is 2.10. The molecule has 0 heterocycles. The van der Waals surface area contributed by atoms with E-state index in [2.05, 4.69) is 66.8 Å². The van der Waals surface area contributed by atoms with E-state index in [1.165, 1.54) is 23.2 Å². The van der Waals surface area contributed by atoms with Crippen LogP contribution in [0.2, 0.25) is 0 Å². The van der Waals surface area contributed by atoms with Crippen molar-refractivity contribution in [1.29, 1.82) is 0 Å². The van der Waals surface area contributed by atoms with Gasteiger partial charge in [-0.3, -0.25) is 0 Å². The van der Waals surface area contributed by atoms with Gasteiger partial charge in [0.05, 0.1) is 0 Å². The molecule has 0 aromatic heterocycles. The number of halogens is 1. The van der Waals surface area contributed by atoms with Gasteiger partial charge in [0, 0.05) is 24.1 Å². The SMILES string of the molecule is CCC(C)N(C)c1ccc(CBr)cc1C. The van der Waals surface area contributed by atoms with Crippen LogP contribution in [-0.2, 0) is 5.33 Å². The molecule has 84 valence electrons. The molecular weight excluding hydrogens is 250 g/mol. The Morgan fingerprint density at radius 2 is 2.07 bits per heavy atom. The fraction of sp³-hybridized carbons (Fsp3) is 0.538. The van der Waals surface area contributed by atoms with Crippen molar-refractivity contribution in [2.75, 3.05) is 11.9 Å². The summed E-state index contributed by atoms with van der Waals surface area (Å²) >= 11 is 3.48. The minimum Gasteiger partial charge on any atom is -0.372 e. The summed E-state index contributed by atoms with van der Waals surface area (Å²) in [5.41, 5.74) is 4.04. The Balaban J connectivity index is 2.95. The lowest BCUT2D eigenvalue weighted by molar-refractivity contribution is 0.662. The zero-order chi connectivity index (χ0) is 11.4. The molecule has 0 N–H and O–H groups in total. The summed E-state index contributed by atoms with van der Waals surface area (Å²) in [5, 5.41) is 0.932. The molecule has 1 aromatic rings. The van der Waals surface area contributed by atoms with E-state index >= 15 is 0 Å². The van der Waals surface area contributed by atoms with Crippen LogP contribution in [0.5, 0.6) is 0 Å².